The Morgan fingerprint density at radius 3 is 2.54 bits per heavy atom. The number of carboxylic acids is 1. The first-order chi connectivity index (χ1) is 12.5. The zero-order valence-electron chi connectivity index (χ0n) is 15.4. The van der Waals surface area contributed by atoms with Gasteiger partial charge in [0.1, 0.15) is 5.75 Å². The van der Waals surface area contributed by atoms with Crippen molar-refractivity contribution in [2.24, 2.45) is 5.92 Å². The van der Waals surface area contributed by atoms with Gasteiger partial charge in [0.05, 0.1) is 13.2 Å². The Bertz CT molecular complexity index is 627. The highest BCUT2D eigenvalue weighted by atomic mass is 16.5. The van der Waals surface area contributed by atoms with Crippen LogP contribution in [0.1, 0.15) is 42.5 Å². The minimum absolute atomic E-state index is 0.0419. The average molecular weight is 360 g/mol. The van der Waals surface area contributed by atoms with Gasteiger partial charge in [0, 0.05) is 24.7 Å². The summed E-state index contributed by atoms with van der Waals surface area (Å²) >= 11 is 0. The van der Waals surface area contributed by atoms with Crippen LogP contribution in [0.4, 0.5) is 0 Å². The highest BCUT2D eigenvalue weighted by Crippen LogP contribution is 2.29. The van der Waals surface area contributed by atoms with E-state index in [0.29, 0.717) is 18.0 Å². The van der Waals surface area contributed by atoms with Gasteiger partial charge in [-0.05, 0) is 69.3 Å². The lowest BCUT2D eigenvalue weighted by atomic mass is 10.1. The summed E-state index contributed by atoms with van der Waals surface area (Å²) in [5, 5.41) is 8.95. The Hall–Kier alpha value is -2.08. The van der Waals surface area contributed by atoms with Gasteiger partial charge in [0.25, 0.3) is 5.91 Å². The molecular formula is C20H28N2O4. The molecule has 6 heteroatoms. The second-order valence-corrected chi connectivity index (χ2v) is 7.46. The molecule has 0 spiro atoms. The maximum absolute atomic E-state index is 12.8. The number of carboxylic acid groups (broad SMARTS) is 1. The third-order valence-corrected chi connectivity index (χ3v) is 5.28. The zero-order chi connectivity index (χ0) is 18.5. The van der Waals surface area contributed by atoms with Gasteiger partial charge in [-0.25, -0.2) is 0 Å². The summed E-state index contributed by atoms with van der Waals surface area (Å²) in [7, 11) is 1.84. The number of rotatable bonds is 7. The monoisotopic (exact) mass is 360 g/mol. The lowest BCUT2D eigenvalue weighted by molar-refractivity contribution is -0.138. The molecule has 1 amide bonds. The van der Waals surface area contributed by atoms with E-state index in [0.717, 1.165) is 38.2 Å². The molecule has 1 heterocycles. The maximum Gasteiger partial charge on any atom is 0.317 e. The predicted octanol–water partition coefficient (Wildman–Crippen LogP) is 2.49. The first-order valence-corrected chi connectivity index (χ1v) is 9.47. The molecule has 1 unspecified atom stereocenters. The smallest absolute Gasteiger partial charge is 0.317 e. The number of ether oxygens (including phenoxy) is 1. The molecule has 0 bridgehead atoms. The fourth-order valence-corrected chi connectivity index (χ4v) is 3.44. The van der Waals surface area contributed by atoms with Gasteiger partial charge in [-0.2, -0.15) is 0 Å². The topological polar surface area (TPSA) is 70.1 Å². The molecule has 1 aliphatic heterocycles. The largest absolute Gasteiger partial charge is 0.493 e. The van der Waals surface area contributed by atoms with Gasteiger partial charge in [-0.1, -0.05) is 0 Å². The Kier molecular flexibility index (Phi) is 6.14. The van der Waals surface area contributed by atoms with Crippen molar-refractivity contribution in [1.82, 2.24) is 9.80 Å². The molecule has 1 saturated heterocycles. The van der Waals surface area contributed by atoms with Crippen molar-refractivity contribution in [2.45, 2.75) is 38.1 Å². The van der Waals surface area contributed by atoms with E-state index < -0.39 is 5.97 Å². The zero-order valence-corrected chi connectivity index (χ0v) is 15.4. The van der Waals surface area contributed by atoms with E-state index in [9.17, 15) is 9.59 Å². The molecule has 3 rings (SSSR count). The van der Waals surface area contributed by atoms with Gasteiger partial charge < -0.3 is 14.7 Å². The molecule has 2 fully saturated rings. The first-order valence-electron chi connectivity index (χ1n) is 9.47. The molecule has 1 aromatic carbocycles. The Morgan fingerprint density at radius 2 is 1.88 bits per heavy atom. The Balaban J connectivity index is 1.53. The predicted molar refractivity (Wildman–Crippen MR) is 98.5 cm³/mol. The van der Waals surface area contributed by atoms with E-state index in [1.807, 2.05) is 41.1 Å². The normalized spacial score (nSPS) is 20.7. The lowest BCUT2D eigenvalue weighted by Gasteiger charge is -2.25. The van der Waals surface area contributed by atoms with Gasteiger partial charge in [-0.3, -0.25) is 14.5 Å². The van der Waals surface area contributed by atoms with Gasteiger partial charge in [-0.15, -0.1) is 0 Å². The van der Waals surface area contributed by atoms with E-state index in [2.05, 4.69) is 0 Å². The van der Waals surface area contributed by atoms with Crippen LogP contribution in [0.25, 0.3) is 0 Å². The second-order valence-electron chi connectivity index (χ2n) is 7.46. The summed E-state index contributed by atoms with van der Waals surface area (Å²) in [4.78, 5) is 27.4. The number of likely N-dealkylation sites (N-methyl/N-ethyl adjacent to an activating group) is 1. The van der Waals surface area contributed by atoms with Crippen molar-refractivity contribution in [3.63, 3.8) is 0 Å². The van der Waals surface area contributed by atoms with Crippen LogP contribution in [-0.4, -0.2) is 66.1 Å². The van der Waals surface area contributed by atoms with Crippen molar-refractivity contribution in [3.05, 3.63) is 29.8 Å². The molecule has 6 nitrogen and oxygen atoms in total. The number of aliphatic carboxylic acids is 1. The lowest BCUT2D eigenvalue weighted by Crippen LogP contribution is -2.37. The highest BCUT2D eigenvalue weighted by Gasteiger charge is 2.25. The fourth-order valence-electron chi connectivity index (χ4n) is 3.44. The van der Waals surface area contributed by atoms with Gasteiger partial charge in [0.15, 0.2) is 0 Å². The van der Waals surface area contributed by atoms with Crippen LogP contribution in [0.3, 0.4) is 0 Å². The maximum atomic E-state index is 12.8. The molecule has 26 heavy (non-hydrogen) atoms. The molecule has 1 aliphatic carbocycles. The van der Waals surface area contributed by atoms with Crippen molar-refractivity contribution in [1.29, 1.82) is 0 Å². The van der Waals surface area contributed by atoms with Crippen LogP contribution in [0.15, 0.2) is 24.3 Å². The average Bonchev–Trinajstić information content (AvgIpc) is 3.45. The molecule has 0 aromatic heterocycles. The van der Waals surface area contributed by atoms with Crippen molar-refractivity contribution in [3.8, 4) is 5.75 Å². The summed E-state index contributed by atoms with van der Waals surface area (Å²) in [6, 6.07) is 7.63. The third kappa shape index (κ3) is 5.21. The minimum atomic E-state index is -0.811. The Labute approximate surface area is 154 Å². The van der Waals surface area contributed by atoms with E-state index in [1.165, 1.54) is 12.8 Å². The van der Waals surface area contributed by atoms with Crippen molar-refractivity contribution >= 4 is 11.9 Å². The molecule has 1 aromatic rings. The third-order valence-electron chi connectivity index (χ3n) is 5.28. The molecule has 1 N–H and O–H groups in total. The number of carbonyl (C=O) groups is 2. The Morgan fingerprint density at radius 1 is 1.15 bits per heavy atom. The summed E-state index contributed by atoms with van der Waals surface area (Å²) in [6.07, 6.45) is 5.13. The first kappa shape index (κ1) is 18.7. The summed E-state index contributed by atoms with van der Waals surface area (Å²) in [6.45, 7) is 2.19. The van der Waals surface area contributed by atoms with Crippen LogP contribution in [-0.2, 0) is 4.79 Å². The van der Waals surface area contributed by atoms with Crippen LogP contribution < -0.4 is 4.74 Å². The van der Waals surface area contributed by atoms with E-state index in [4.69, 9.17) is 9.84 Å². The number of benzene rings is 1. The van der Waals surface area contributed by atoms with Crippen LogP contribution in [0.2, 0.25) is 0 Å². The SMILES string of the molecule is CN(CC(=O)O)C1CCCN(C(=O)c2ccc(OCC3CC3)cc2)CC1. The number of nitrogens with zero attached hydrogens (tertiary/aromatic N) is 2. The number of hydrogen-bond acceptors (Lipinski definition) is 4. The van der Waals surface area contributed by atoms with E-state index in [-0.39, 0.29) is 18.5 Å². The molecule has 2 aliphatic rings. The number of amides is 1. The number of hydrogen-bond donors (Lipinski definition) is 1. The van der Waals surface area contributed by atoms with Crippen molar-refractivity contribution < 1.29 is 19.4 Å². The second kappa shape index (κ2) is 8.54. The van der Waals surface area contributed by atoms with Crippen molar-refractivity contribution in [2.75, 3.05) is 33.3 Å². The molecule has 1 atom stereocenters. The van der Waals surface area contributed by atoms with Crippen LogP contribution in [0, 0.1) is 5.92 Å². The quantitative estimate of drug-likeness (QED) is 0.809. The minimum Gasteiger partial charge on any atom is -0.493 e. The van der Waals surface area contributed by atoms with Crippen LogP contribution in [0.5, 0.6) is 5.75 Å². The summed E-state index contributed by atoms with van der Waals surface area (Å²) in [5.74, 6) is 0.759. The fraction of sp³-hybridized carbons (Fsp3) is 0.600. The molecule has 1 saturated carbocycles. The highest BCUT2D eigenvalue weighted by molar-refractivity contribution is 5.94. The molecular weight excluding hydrogens is 332 g/mol. The molecule has 142 valence electrons. The standard InChI is InChI=1S/C20H28N2O4/c1-21(13-19(23)24)17-3-2-11-22(12-10-17)20(25)16-6-8-18(9-7-16)26-14-15-4-5-15/h6-9,15,17H,2-5,10-14H2,1H3,(H,23,24). The number of likely N-dealkylation sites (tertiary alicyclic amines) is 1. The summed E-state index contributed by atoms with van der Waals surface area (Å²) < 4.78 is 5.72. The van der Waals surface area contributed by atoms with Gasteiger partial charge >= 0.3 is 5.97 Å². The van der Waals surface area contributed by atoms with E-state index in [1.54, 1.807) is 0 Å². The number of carbonyl (C=O) groups excluding carboxylic acids is 1. The van der Waals surface area contributed by atoms with Gasteiger partial charge in [0.2, 0.25) is 0 Å². The molecule has 0 radical (unpaired) electrons. The summed E-state index contributed by atoms with van der Waals surface area (Å²) in [5.41, 5.74) is 0.682. The van der Waals surface area contributed by atoms with Crippen LogP contribution >= 0.6 is 0 Å². The van der Waals surface area contributed by atoms with E-state index >= 15 is 0 Å².